The minimum absolute atomic E-state index is 0.368. The highest BCUT2D eigenvalue weighted by atomic mass is 16.5. The normalized spacial score (nSPS) is 27.6. The predicted octanol–water partition coefficient (Wildman–Crippen LogP) is 1.19. The van der Waals surface area contributed by atoms with E-state index in [0.29, 0.717) is 29.5 Å². The molecule has 2 aliphatic rings. The Labute approximate surface area is 119 Å². The maximum atomic E-state index is 9.44. The molecule has 0 saturated heterocycles. The lowest BCUT2D eigenvalue weighted by molar-refractivity contribution is 0.196. The van der Waals surface area contributed by atoms with Crippen molar-refractivity contribution in [3.63, 3.8) is 0 Å². The van der Waals surface area contributed by atoms with Gasteiger partial charge in [0.05, 0.1) is 13.7 Å². The zero-order valence-corrected chi connectivity index (χ0v) is 11.8. The molecule has 2 bridgehead atoms. The van der Waals surface area contributed by atoms with Gasteiger partial charge >= 0.3 is 7.12 Å². The summed E-state index contributed by atoms with van der Waals surface area (Å²) in [7, 11) is 0.0127. The van der Waals surface area contributed by atoms with Crippen molar-refractivity contribution in [1.29, 1.82) is 0 Å². The minimum Gasteiger partial charge on any atom is -0.497 e. The Balaban J connectivity index is 1.67. The van der Waals surface area contributed by atoms with Gasteiger partial charge < -0.3 is 19.5 Å². The van der Waals surface area contributed by atoms with Crippen LogP contribution >= 0.6 is 0 Å². The average molecular weight is 276 g/mol. The quantitative estimate of drug-likeness (QED) is 0.793. The van der Waals surface area contributed by atoms with E-state index in [1.54, 1.807) is 25.3 Å². The van der Waals surface area contributed by atoms with Gasteiger partial charge in [0, 0.05) is 5.46 Å². The second kappa shape index (κ2) is 5.66. The molecule has 20 heavy (non-hydrogen) atoms. The number of benzene rings is 1. The van der Waals surface area contributed by atoms with Crippen molar-refractivity contribution in [1.82, 2.24) is 0 Å². The molecule has 1 aromatic rings. The van der Waals surface area contributed by atoms with E-state index in [4.69, 9.17) is 9.47 Å². The van der Waals surface area contributed by atoms with Gasteiger partial charge in [-0.1, -0.05) is 6.42 Å². The van der Waals surface area contributed by atoms with Crippen molar-refractivity contribution in [3.8, 4) is 11.5 Å². The summed E-state index contributed by atoms with van der Waals surface area (Å²) in [5.41, 5.74) is 0.368. The second-order valence-corrected chi connectivity index (χ2v) is 6.02. The molecule has 3 atom stereocenters. The van der Waals surface area contributed by atoms with Gasteiger partial charge in [-0.3, -0.25) is 0 Å². The third kappa shape index (κ3) is 2.65. The average Bonchev–Trinajstić information content (AvgIpc) is 3.07. The van der Waals surface area contributed by atoms with Crippen LogP contribution in [0.25, 0.3) is 0 Å². The summed E-state index contributed by atoms with van der Waals surface area (Å²) in [6.45, 7) is 0.674. The van der Waals surface area contributed by atoms with Crippen LogP contribution in [-0.4, -0.2) is 30.9 Å². The van der Waals surface area contributed by atoms with E-state index < -0.39 is 7.12 Å². The van der Waals surface area contributed by atoms with Crippen molar-refractivity contribution >= 4 is 12.6 Å². The number of hydrogen-bond acceptors (Lipinski definition) is 4. The van der Waals surface area contributed by atoms with E-state index in [2.05, 4.69) is 0 Å². The number of rotatable bonds is 5. The fourth-order valence-corrected chi connectivity index (χ4v) is 3.76. The molecule has 5 heteroatoms. The number of fused-ring (bicyclic) bond motifs is 2. The summed E-state index contributed by atoms with van der Waals surface area (Å²) >= 11 is 0. The number of methoxy groups -OCH3 is 1. The first kappa shape index (κ1) is 13.8. The van der Waals surface area contributed by atoms with Crippen molar-refractivity contribution in [3.05, 3.63) is 18.2 Å². The van der Waals surface area contributed by atoms with Crippen LogP contribution < -0.4 is 14.9 Å². The summed E-state index contributed by atoms with van der Waals surface area (Å²) in [5.74, 6) is 3.47. The van der Waals surface area contributed by atoms with Gasteiger partial charge in [-0.25, -0.2) is 0 Å². The van der Waals surface area contributed by atoms with E-state index in [1.165, 1.54) is 25.7 Å². The summed E-state index contributed by atoms with van der Waals surface area (Å²) in [5, 5.41) is 18.9. The van der Waals surface area contributed by atoms with Crippen LogP contribution in [0, 0.1) is 17.8 Å². The lowest BCUT2D eigenvalue weighted by Gasteiger charge is -2.22. The highest BCUT2D eigenvalue weighted by molar-refractivity contribution is 6.59. The summed E-state index contributed by atoms with van der Waals surface area (Å²) in [6, 6.07) is 5.14. The lowest BCUT2D eigenvalue weighted by Crippen LogP contribution is -2.32. The molecule has 0 spiro atoms. The second-order valence-electron chi connectivity index (χ2n) is 6.02. The van der Waals surface area contributed by atoms with Crippen LogP contribution in [0.15, 0.2) is 18.2 Å². The molecular formula is C15H21BO4. The Morgan fingerprint density at radius 3 is 2.70 bits per heavy atom. The molecule has 0 radical (unpaired) electrons. The molecule has 3 unspecified atom stereocenters. The van der Waals surface area contributed by atoms with Gasteiger partial charge in [-0.05, 0) is 55.2 Å². The topological polar surface area (TPSA) is 58.9 Å². The van der Waals surface area contributed by atoms with E-state index in [-0.39, 0.29) is 0 Å². The maximum absolute atomic E-state index is 9.44. The zero-order valence-electron chi connectivity index (χ0n) is 11.8. The number of hydrogen-bond donors (Lipinski definition) is 2. The first-order valence-corrected chi connectivity index (χ1v) is 7.34. The van der Waals surface area contributed by atoms with Crippen LogP contribution in [0.2, 0.25) is 0 Å². The van der Waals surface area contributed by atoms with Crippen LogP contribution in [0.4, 0.5) is 0 Å². The van der Waals surface area contributed by atoms with Crippen LogP contribution in [0.3, 0.4) is 0 Å². The van der Waals surface area contributed by atoms with Crippen molar-refractivity contribution < 1.29 is 19.5 Å². The molecule has 0 aromatic heterocycles. The van der Waals surface area contributed by atoms with Gasteiger partial charge in [0.15, 0.2) is 0 Å². The predicted molar refractivity (Wildman–Crippen MR) is 77.3 cm³/mol. The Hall–Kier alpha value is -1.20. The Bertz CT molecular complexity index is 477. The van der Waals surface area contributed by atoms with Gasteiger partial charge in [-0.2, -0.15) is 0 Å². The smallest absolute Gasteiger partial charge is 0.492 e. The molecule has 4 nitrogen and oxygen atoms in total. The molecule has 0 aliphatic heterocycles. The van der Waals surface area contributed by atoms with Gasteiger partial charge in [0.25, 0.3) is 0 Å². The largest absolute Gasteiger partial charge is 0.497 e. The summed E-state index contributed by atoms with van der Waals surface area (Å²) in [6.07, 6.45) is 5.32. The molecular weight excluding hydrogens is 255 g/mol. The van der Waals surface area contributed by atoms with Gasteiger partial charge in [-0.15, -0.1) is 0 Å². The Kier molecular flexibility index (Phi) is 3.90. The molecule has 108 valence electrons. The van der Waals surface area contributed by atoms with Crippen molar-refractivity contribution in [2.24, 2.45) is 17.8 Å². The molecule has 0 heterocycles. The molecule has 1 aromatic carbocycles. The lowest BCUT2D eigenvalue weighted by atomic mass is 9.79. The molecule has 2 aliphatic carbocycles. The third-order valence-corrected chi connectivity index (χ3v) is 4.83. The molecule has 3 rings (SSSR count). The standard InChI is InChI=1S/C15H21BO4/c1-19-13-4-5-15(14(8-13)16(17)18)20-9-12-7-10-2-3-11(12)6-10/h4-5,8,10-12,17-18H,2-3,6-7,9H2,1H3. The van der Waals surface area contributed by atoms with Crippen LogP contribution in [0.5, 0.6) is 11.5 Å². The Morgan fingerprint density at radius 2 is 2.10 bits per heavy atom. The maximum Gasteiger partial charge on any atom is 0.492 e. The fraction of sp³-hybridized carbons (Fsp3) is 0.600. The van der Waals surface area contributed by atoms with E-state index >= 15 is 0 Å². The fourth-order valence-electron chi connectivity index (χ4n) is 3.76. The monoisotopic (exact) mass is 276 g/mol. The van der Waals surface area contributed by atoms with E-state index in [0.717, 1.165) is 11.8 Å². The van der Waals surface area contributed by atoms with Crippen LogP contribution in [-0.2, 0) is 0 Å². The molecule has 0 amide bonds. The SMILES string of the molecule is COc1ccc(OCC2CC3CCC2C3)c(B(O)O)c1. The highest BCUT2D eigenvalue weighted by Crippen LogP contribution is 2.48. The van der Waals surface area contributed by atoms with Gasteiger partial charge in [0.1, 0.15) is 11.5 Å². The minimum atomic E-state index is -1.54. The van der Waals surface area contributed by atoms with Crippen molar-refractivity contribution in [2.45, 2.75) is 25.7 Å². The first-order chi connectivity index (χ1) is 9.67. The van der Waals surface area contributed by atoms with Crippen molar-refractivity contribution in [2.75, 3.05) is 13.7 Å². The van der Waals surface area contributed by atoms with E-state index in [9.17, 15) is 10.0 Å². The zero-order chi connectivity index (χ0) is 14.1. The molecule has 2 fully saturated rings. The highest BCUT2D eigenvalue weighted by Gasteiger charge is 2.39. The molecule has 2 N–H and O–H groups in total. The first-order valence-electron chi connectivity index (χ1n) is 7.34. The molecule has 2 saturated carbocycles. The number of ether oxygens (including phenoxy) is 2. The van der Waals surface area contributed by atoms with Gasteiger partial charge in [0.2, 0.25) is 0 Å². The summed E-state index contributed by atoms with van der Waals surface area (Å²) in [4.78, 5) is 0. The third-order valence-electron chi connectivity index (χ3n) is 4.83. The summed E-state index contributed by atoms with van der Waals surface area (Å²) < 4.78 is 11.0. The van der Waals surface area contributed by atoms with E-state index in [1.807, 2.05) is 0 Å². The van der Waals surface area contributed by atoms with Crippen LogP contribution in [0.1, 0.15) is 25.7 Å². The Morgan fingerprint density at radius 1 is 1.25 bits per heavy atom.